The fourth-order valence-corrected chi connectivity index (χ4v) is 2.47. The fraction of sp³-hybridized carbons (Fsp3) is 0.214. The van der Waals surface area contributed by atoms with Gasteiger partial charge in [-0.05, 0) is 30.0 Å². The van der Waals surface area contributed by atoms with E-state index in [1.54, 1.807) is 29.4 Å². The van der Waals surface area contributed by atoms with Crippen molar-refractivity contribution in [2.75, 3.05) is 18.5 Å². The standard InChI is InChI=1S/C14H12F2N2S/c1-18(7-6-11-3-2-8-19-11)12-5-4-10(9-17)13(15)14(12)16/h2-5,8H,6-7H2,1H3. The first-order chi connectivity index (χ1) is 9.13. The van der Waals surface area contributed by atoms with Crippen LogP contribution in [0.1, 0.15) is 10.4 Å². The maximum atomic E-state index is 13.8. The Morgan fingerprint density at radius 1 is 1.26 bits per heavy atom. The molecule has 0 unspecified atom stereocenters. The second-order valence-corrected chi connectivity index (χ2v) is 5.16. The van der Waals surface area contributed by atoms with Crippen LogP contribution in [0.4, 0.5) is 14.5 Å². The van der Waals surface area contributed by atoms with Crippen molar-refractivity contribution in [2.24, 2.45) is 0 Å². The number of benzene rings is 1. The first kappa shape index (κ1) is 13.5. The molecule has 1 heterocycles. The lowest BCUT2D eigenvalue weighted by Crippen LogP contribution is -2.21. The maximum Gasteiger partial charge on any atom is 0.183 e. The molecule has 0 atom stereocenters. The maximum absolute atomic E-state index is 13.8. The third-order valence-electron chi connectivity index (χ3n) is 2.87. The molecular formula is C14H12F2N2S. The van der Waals surface area contributed by atoms with E-state index < -0.39 is 11.6 Å². The van der Waals surface area contributed by atoms with Crippen LogP contribution in [0.25, 0.3) is 0 Å². The predicted octanol–water partition coefficient (Wildman–Crippen LogP) is 3.58. The number of likely N-dealkylation sites (N-methyl/N-ethyl adjacent to an activating group) is 1. The van der Waals surface area contributed by atoms with Gasteiger partial charge in [0.1, 0.15) is 6.07 Å². The van der Waals surface area contributed by atoms with Crippen LogP contribution in [0.3, 0.4) is 0 Å². The zero-order valence-corrected chi connectivity index (χ0v) is 11.2. The van der Waals surface area contributed by atoms with Crippen molar-refractivity contribution in [3.05, 3.63) is 51.7 Å². The minimum Gasteiger partial charge on any atom is -0.372 e. The number of hydrogen-bond donors (Lipinski definition) is 0. The van der Waals surface area contributed by atoms with Crippen molar-refractivity contribution in [3.63, 3.8) is 0 Å². The summed E-state index contributed by atoms with van der Waals surface area (Å²) in [5.74, 6) is -2.05. The highest BCUT2D eigenvalue weighted by molar-refractivity contribution is 7.09. The van der Waals surface area contributed by atoms with Crippen molar-refractivity contribution < 1.29 is 8.78 Å². The van der Waals surface area contributed by atoms with Crippen LogP contribution >= 0.6 is 11.3 Å². The molecule has 2 aromatic rings. The summed E-state index contributed by atoms with van der Waals surface area (Å²) in [6.07, 6.45) is 0.773. The normalized spacial score (nSPS) is 10.2. The molecular weight excluding hydrogens is 266 g/mol. The van der Waals surface area contributed by atoms with E-state index in [-0.39, 0.29) is 11.3 Å². The summed E-state index contributed by atoms with van der Waals surface area (Å²) in [4.78, 5) is 2.85. The number of thiophene rings is 1. The Morgan fingerprint density at radius 2 is 2.05 bits per heavy atom. The molecule has 0 aliphatic carbocycles. The third-order valence-corrected chi connectivity index (χ3v) is 3.80. The van der Waals surface area contributed by atoms with Gasteiger partial charge in [-0.3, -0.25) is 0 Å². The Hall–Kier alpha value is -1.93. The Balaban J connectivity index is 2.13. The van der Waals surface area contributed by atoms with Gasteiger partial charge in [0.25, 0.3) is 0 Å². The van der Waals surface area contributed by atoms with E-state index >= 15 is 0 Å². The monoisotopic (exact) mass is 278 g/mol. The zero-order chi connectivity index (χ0) is 13.8. The van der Waals surface area contributed by atoms with Gasteiger partial charge in [-0.15, -0.1) is 11.3 Å². The van der Waals surface area contributed by atoms with E-state index in [0.717, 1.165) is 6.42 Å². The van der Waals surface area contributed by atoms with Crippen LogP contribution in [0.15, 0.2) is 29.6 Å². The van der Waals surface area contributed by atoms with E-state index in [2.05, 4.69) is 0 Å². The molecule has 0 amide bonds. The smallest absolute Gasteiger partial charge is 0.183 e. The number of hydrogen-bond acceptors (Lipinski definition) is 3. The molecule has 0 spiro atoms. The van der Waals surface area contributed by atoms with Crippen LogP contribution in [0.5, 0.6) is 0 Å². The Labute approximate surface area is 114 Å². The van der Waals surface area contributed by atoms with Gasteiger partial charge in [-0.25, -0.2) is 8.78 Å². The van der Waals surface area contributed by atoms with Crippen LogP contribution < -0.4 is 4.90 Å². The highest BCUT2D eigenvalue weighted by Crippen LogP contribution is 2.23. The topological polar surface area (TPSA) is 27.0 Å². The number of anilines is 1. The van der Waals surface area contributed by atoms with Crippen molar-refractivity contribution in [3.8, 4) is 6.07 Å². The van der Waals surface area contributed by atoms with Crippen LogP contribution in [-0.4, -0.2) is 13.6 Å². The van der Waals surface area contributed by atoms with Gasteiger partial charge >= 0.3 is 0 Å². The minimum absolute atomic E-state index is 0.174. The molecule has 0 aliphatic heterocycles. The first-order valence-corrected chi connectivity index (χ1v) is 6.63. The van der Waals surface area contributed by atoms with E-state index in [1.807, 2.05) is 17.5 Å². The summed E-state index contributed by atoms with van der Waals surface area (Å²) in [7, 11) is 1.71. The van der Waals surface area contributed by atoms with Gasteiger partial charge < -0.3 is 4.90 Å². The van der Waals surface area contributed by atoms with E-state index in [0.29, 0.717) is 6.54 Å². The quantitative estimate of drug-likeness (QED) is 0.854. The summed E-state index contributed by atoms with van der Waals surface area (Å²) in [6.45, 7) is 0.586. The molecule has 0 fully saturated rings. The molecule has 0 saturated carbocycles. The molecule has 0 aliphatic rings. The largest absolute Gasteiger partial charge is 0.372 e. The van der Waals surface area contributed by atoms with E-state index in [1.165, 1.54) is 17.0 Å². The van der Waals surface area contributed by atoms with Crippen molar-refractivity contribution in [1.82, 2.24) is 0 Å². The first-order valence-electron chi connectivity index (χ1n) is 5.75. The van der Waals surface area contributed by atoms with E-state index in [9.17, 15) is 8.78 Å². The molecule has 0 radical (unpaired) electrons. The van der Waals surface area contributed by atoms with Crippen molar-refractivity contribution in [2.45, 2.75) is 6.42 Å². The molecule has 5 heteroatoms. The fourth-order valence-electron chi connectivity index (χ4n) is 1.77. The number of nitrogens with zero attached hydrogens (tertiary/aromatic N) is 2. The van der Waals surface area contributed by atoms with Crippen LogP contribution in [0.2, 0.25) is 0 Å². The van der Waals surface area contributed by atoms with Gasteiger partial charge in [0.2, 0.25) is 0 Å². The SMILES string of the molecule is CN(CCc1cccs1)c1ccc(C#N)c(F)c1F. The van der Waals surface area contributed by atoms with Crippen molar-refractivity contribution >= 4 is 17.0 Å². The van der Waals surface area contributed by atoms with Gasteiger partial charge in [0.05, 0.1) is 11.3 Å². The summed E-state index contributed by atoms with van der Waals surface area (Å²) in [5, 5.41) is 10.6. The summed E-state index contributed by atoms with van der Waals surface area (Å²) in [5.41, 5.74) is -0.0963. The molecule has 2 nitrogen and oxygen atoms in total. The molecule has 98 valence electrons. The molecule has 0 saturated heterocycles. The summed E-state index contributed by atoms with van der Waals surface area (Å²) < 4.78 is 27.3. The minimum atomic E-state index is -1.08. The van der Waals surface area contributed by atoms with Gasteiger partial charge in [0, 0.05) is 18.5 Å². The summed E-state index contributed by atoms with van der Waals surface area (Å²) >= 11 is 1.64. The van der Waals surface area contributed by atoms with Gasteiger partial charge in [-0.2, -0.15) is 5.26 Å². The molecule has 19 heavy (non-hydrogen) atoms. The van der Waals surface area contributed by atoms with Gasteiger partial charge in [-0.1, -0.05) is 6.07 Å². The highest BCUT2D eigenvalue weighted by atomic mass is 32.1. The number of halogens is 2. The Kier molecular flexibility index (Phi) is 4.13. The predicted molar refractivity (Wildman–Crippen MR) is 72.4 cm³/mol. The Bertz CT molecular complexity index is 603. The summed E-state index contributed by atoms with van der Waals surface area (Å²) in [6, 6.07) is 8.33. The molecule has 2 rings (SSSR count). The average molecular weight is 278 g/mol. The van der Waals surface area contributed by atoms with Crippen LogP contribution in [0, 0.1) is 23.0 Å². The zero-order valence-electron chi connectivity index (χ0n) is 10.4. The second kappa shape index (κ2) is 5.81. The molecule has 0 N–H and O–H groups in total. The lowest BCUT2D eigenvalue weighted by atomic mass is 10.2. The van der Waals surface area contributed by atoms with Crippen LogP contribution in [-0.2, 0) is 6.42 Å². The Morgan fingerprint density at radius 3 is 2.68 bits per heavy atom. The third kappa shape index (κ3) is 2.91. The lowest BCUT2D eigenvalue weighted by molar-refractivity contribution is 0.505. The number of nitriles is 1. The average Bonchev–Trinajstić information content (AvgIpc) is 2.92. The molecule has 1 aromatic carbocycles. The molecule has 0 bridgehead atoms. The van der Waals surface area contributed by atoms with Crippen molar-refractivity contribution in [1.29, 1.82) is 5.26 Å². The van der Waals surface area contributed by atoms with Gasteiger partial charge in [0.15, 0.2) is 11.6 Å². The highest BCUT2D eigenvalue weighted by Gasteiger charge is 2.15. The van der Waals surface area contributed by atoms with E-state index in [4.69, 9.17) is 5.26 Å². The second-order valence-electron chi connectivity index (χ2n) is 4.12. The lowest BCUT2D eigenvalue weighted by Gasteiger charge is -2.19. The number of rotatable bonds is 4. The molecule has 1 aromatic heterocycles.